The maximum atomic E-state index is 12.2. The van der Waals surface area contributed by atoms with Gasteiger partial charge < -0.3 is 4.42 Å². The van der Waals surface area contributed by atoms with Gasteiger partial charge in [-0.1, -0.05) is 11.6 Å². The van der Waals surface area contributed by atoms with Crippen LogP contribution in [0.1, 0.15) is 35.0 Å². The van der Waals surface area contributed by atoms with E-state index in [0.29, 0.717) is 21.7 Å². The molecule has 1 aliphatic rings. The lowest BCUT2D eigenvalue weighted by molar-refractivity contribution is 0.0998. The van der Waals surface area contributed by atoms with Crippen molar-refractivity contribution in [2.24, 2.45) is 0 Å². The Morgan fingerprint density at radius 1 is 1.38 bits per heavy atom. The number of hydrogen-bond donors (Lipinski definition) is 1. The molecule has 1 fully saturated rings. The van der Waals surface area contributed by atoms with Crippen LogP contribution in [0, 0.1) is 0 Å². The molecule has 1 aromatic carbocycles. The highest BCUT2D eigenvalue weighted by molar-refractivity contribution is 7.14. The quantitative estimate of drug-likeness (QED) is 0.763. The Labute approximate surface area is 129 Å². The monoisotopic (exact) mass is 318 g/mol. The normalized spacial score (nSPS) is 14.5. The van der Waals surface area contributed by atoms with Crippen LogP contribution in [0.4, 0.5) is 5.13 Å². The summed E-state index contributed by atoms with van der Waals surface area (Å²) in [6.45, 7) is 0. The number of hydrogen-bond acceptors (Lipinski definition) is 4. The highest BCUT2D eigenvalue weighted by atomic mass is 35.5. The average Bonchev–Trinajstić information content (AvgIpc) is 3.06. The van der Waals surface area contributed by atoms with E-state index >= 15 is 0 Å². The molecule has 0 bridgehead atoms. The standard InChI is InChI=1S/C15H11ClN2O2S/c16-10-3-4-12-9(5-10)6-13(20-12)14(19)18-15-17-11(7-21-15)8-1-2-8/h3-8H,1-2H2,(H,17,18,19). The van der Waals surface area contributed by atoms with Gasteiger partial charge in [0, 0.05) is 21.7 Å². The Bertz CT molecular complexity index is 835. The van der Waals surface area contributed by atoms with E-state index in [1.165, 1.54) is 24.2 Å². The number of benzene rings is 1. The van der Waals surface area contributed by atoms with Gasteiger partial charge in [-0.05, 0) is 37.1 Å². The molecule has 0 saturated heterocycles. The number of thiazole rings is 1. The number of nitrogens with zero attached hydrogens (tertiary/aromatic N) is 1. The molecule has 3 aromatic rings. The molecule has 1 N–H and O–H groups in total. The highest BCUT2D eigenvalue weighted by Gasteiger charge is 2.26. The molecule has 0 unspecified atom stereocenters. The first kappa shape index (κ1) is 12.9. The summed E-state index contributed by atoms with van der Waals surface area (Å²) in [7, 11) is 0. The van der Waals surface area contributed by atoms with Crippen molar-refractivity contribution in [1.82, 2.24) is 4.98 Å². The van der Waals surface area contributed by atoms with Gasteiger partial charge in [0.1, 0.15) is 5.58 Å². The fraction of sp³-hybridized carbons (Fsp3) is 0.200. The molecule has 2 aromatic heterocycles. The van der Waals surface area contributed by atoms with E-state index < -0.39 is 0 Å². The van der Waals surface area contributed by atoms with Crippen molar-refractivity contribution in [2.75, 3.05) is 5.32 Å². The van der Waals surface area contributed by atoms with Crippen molar-refractivity contribution >= 4 is 44.9 Å². The van der Waals surface area contributed by atoms with Crippen LogP contribution in [0.3, 0.4) is 0 Å². The molecule has 4 nitrogen and oxygen atoms in total. The summed E-state index contributed by atoms with van der Waals surface area (Å²) in [6, 6.07) is 6.94. The van der Waals surface area contributed by atoms with Crippen LogP contribution in [0.2, 0.25) is 5.02 Å². The molecule has 0 atom stereocenters. The van der Waals surface area contributed by atoms with Crippen molar-refractivity contribution < 1.29 is 9.21 Å². The third-order valence-electron chi connectivity index (χ3n) is 3.44. The predicted octanol–water partition coefficient (Wildman–Crippen LogP) is 4.67. The summed E-state index contributed by atoms with van der Waals surface area (Å²) in [4.78, 5) is 16.6. The van der Waals surface area contributed by atoms with E-state index in [9.17, 15) is 4.79 Å². The topological polar surface area (TPSA) is 55.1 Å². The molecule has 0 radical (unpaired) electrons. The Morgan fingerprint density at radius 2 is 2.24 bits per heavy atom. The van der Waals surface area contributed by atoms with Crippen LogP contribution >= 0.6 is 22.9 Å². The molecule has 0 spiro atoms. The maximum absolute atomic E-state index is 12.2. The second kappa shape index (κ2) is 4.86. The number of furan rings is 1. The smallest absolute Gasteiger partial charge is 0.293 e. The number of amides is 1. The zero-order valence-corrected chi connectivity index (χ0v) is 12.5. The third kappa shape index (κ3) is 2.54. The molecule has 6 heteroatoms. The van der Waals surface area contributed by atoms with Crippen LogP contribution in [0.5, 0.6) is 0 Å². The summed E-state index contributed by atoms with van der Waals surface area (Å²) in [5.74, 6) is 0.551. The minimum absolute atomic E-state index is 0.260. The molecule has 4 rings (SSSR count). The van der Waals surface area contributed by atoms with E-state index in [2.05, 4.69) is 10.3 Å². The van der Waals surface area contributed by atoms with Crippen LogP contribution in [-0.4, -0.2) is 10.9 Å². The Kier molecular flexibility index (Phi) is 2.97. The zero-order valence-electron chi connectivity index (χ0n) is 10.9. The largest absolute Gasteiger partial charge is 0.451 e. The first-order chi connectivity index (χ1) is 10.2. The number of carbonyl (C=O) groups is 1. The molecule has 0 aliphatic heterocycles. The molecular formula is C15H11ClN2O2S. The lowest BCUT2D eigenvalue weighted by Crippen LogP contribution is -2.10. The number of rotatable bonds is 3. The molecule has 106 valence electrons. The average molecular weight is 319 g/mol. The summed E-state index contributed by atoms with van der Waals surface area (Å²) in [5.41, 5.74) is 1.72. The van der Waals surface area contributed by atoms with E-state index in [1.54, 1.807) is 24.3 Å². The zero-order chi connectivity index (χ0) is 14.4. The third-order valence-corrected chi connectivity index (χ3v) is 4.45. The van der Waals surface area contributed by atoms with Crippen molar-refractivity contribution in [3.05, 3.63) is 46.1 Å². The number of halogens is 1. The molecule has 1 aliphatic carbocycles. The van der Waals surface area contributed by atoms with Gasteiger partial charge in [-0.3, -0.25) is 10.1 Å². The van der Waals surface area contributed by atoms with Gasteiger partial charge in [-0.15, -0.1) is 11.3 Å². The van der Waals surface area contributed by atoms with Gasteiger partial charge in [-0.25, -0.2) is 4.98 Å². The van der Waals surface area contributed by atoms with E-state index in [1.807, 2.05) is 5.38 Å². The Balaban J connectivity index is 1.57. The fourth-order valence-corrected chi connectivity index (χ4v) is 3.16. The first-order valence-electron chi connectivity index (χ1n) is 6.65. The summed E-state index contributed by atoms with van der Waals surface area (Å²) >= 11 is 7.37. The SMILES string of the molecule is O=C(Nc1nc(C2CC2)cs1)c1cc2cc(Cl)ccc2o1. The van der Waals surface area contributed by atoms with Crippen LogP contribution in [-0.2, 0) is 0 Å². The van der Waals surface area contributed by atoms with Crippen LogP contribution in [0.25, 0.3) is 11.0 Å². The van der Waals surface area contributed by atoms with Gasteiger partial charge >= 0.3 is 0 Å². The van der Waals surface area contributed by atoms with Gasteiger partial charge in [-0.2, -0.15) is 0 Å². The summed E-state index contributed by atoms with van der Waals surface area (Å²) in [6.07, 6.45) is 2.39. The highest BCUT2D eigenvalue weighted by Crippen LogP contribution is 2.40. The van der Waals surface area contributed by atoms with E-state index in [-0.39, 0.29) is 11.7 Å². The minimum Gasteiger partial charge on any atom is -0.451 e. The van der Waals surface area contributed by atoms with Gasteiger partial charge in [0.15, 0.2) is 10.9 Å². The summed E-state index contributed by atoms with van der Waals surface area (Å²) < 4.78 is 5.53. The second-order valence-electron chi connectivity index (χ2n) is 5.10. The number of aromatic nitrogens is 1. The molecule has 21 heavy (non-hydrogen) atoms. The number of nitrogens with one attached hydrogen (secondary N) is 1. The van der Waals surface area contributed by atoms with Gasteiger partial charge in [0.25, 0.3) is 5.91 Å². The predicted molar refractivity (Wildman–Crippen MR) is 83.3 cm³/mol. The van der Waals surface area contributed by atoms with Crippen molar-refractivity contribution in [2.45, 2.75) is 18.8 Å². The Hall–Kier alpha value is -1.85. The van der Waals surface area contributed by atoms with Crippen LogP contribution in [0.15, 0.2) is 34.1 Å². The molecular weight excluding hydrogens is 308 g/mol. The lowest BCUT2D eigenvalue weighted by Gasteiger charge is -1.97. The van der Waals surface area contributed by atoms with Gasteiger partial charge in [0.05, 0.1) is 5.69 Å². The molecule has 2 heterocycles. The molecule has 1 saturated carbocycles. The van der Waals surface area contributed by atoms with Gasteiger partial charge in [0.2, 0.25) is 0 Å². The first-order valence-corrected chi connectivity index (χ1v) is 7.91. The summed E-state index contributed by atoms with van der Waals surface area (Å²) in [5, 5.41) is 6.82. The van der Waals surface area contributed by atoms with Crippen molar-refractivity contribution in [3.8, 4) is 0 Å². The Morgan fingerprint density at radius 3 is 3.05 bits per heavy atom. The van der Waals surface area contributed by atoms with Crippen molar-refractivity contribution in [3.63, 3.8) is 0 Å². The minimum atomic E-state index is -0.293. The lowest BCUT2D eigenvalue weighted by atomic mass is 10.2. The number of carbonyl (C=O) groups excluding carboxylic acids is 1. The fourth-order valence-electron chi connectivity index (χ4n) is 2.20. The van der Waals surface area contributed by atoms with Crippen molar-refractivity contribution in [1.29, 1.82) is 0 Å². The molecule has 1 amide bonds. The second-order valence-corrected chi connectivity index (χ2v) is 6.39. The number of anilines is 1. The van der Waals surface area contributed by atoms with E-state index in [4.69, 9.17) is 16.0 Å². The maximum Gasteiger partial charge on any atom is 0.293 e. The van der Waals surface area contributed by atoms with Crippen LogP contribution < -0.4 is 5.32 Å². The number of fused-ring (bicyclic) bond motifs is 1. The van der Waals surface area contributed by atoms with E-state index in [0.717, 1.165) is 11.1 Å².